The second-order valence-electron chi connectivity index (χ2n) is 8.05. The molecule has 0 bridgehead atoms. The van der Waals surface area contributed by atoms with E-state index < -0.39 is 0 Å². The highest BCUT2D eigenvalue weighted by molar-refractivity contribution is 6.01. The number of aromatic amines is 1. The fourth-order valence-corrected chi connectivity index (χ4v) is 4.43. The van der Waals surface area contributed by atoms with Crippen molar-refractivity contribution in [3.8, 4) is 11.1 Å². The Morgan fingerprint density at radius 1 is 1.13 bits per heavy atom. The van der Waals surface area contributed by atoms with Crippen molar-refractivity contribution in [3.63, 3.8) is 0 Å². The molecule has 7 nitrogen and oxygen atoms in total. The van der Waals surface area contributed by atoms with Gasteiger partial charge in [-0.05, 0) is 42.3 Å². The number of carbonyl (C=O) groups excluding carboxylic acids is 1. The van der Waals surface area contributed by atoms with E-state index >= 15 is 0 Å². The molecule has 154 valence electrons. The Labute approximate surface area is 179 Å². The second-order valence-corrected chi connectivity index (χ2v) is 8.05. The minimum absolute atomic E-state index is 0. The lowest BCUT2D eigenvalue weighted by Gasteiger charge is -2.28. The lowest BCUT2D eigenvalue weighted by atomic mass is 10.0. The molecule has 7 heteroatoms. The molecular formula is C24H22N6O. The number of fused-ring (bicyclic) bond motifs is 3. The number of rotatable bonds is 2. The van der Waals surface area contributed by atoms with E-state index in [0.29, 0.717) is 18.7 Å². The summed E-state index contributed by atoms with van der Waals surface area (Å²) in [5, 5.41) is 1.90. The van der Waals surface area contributed by atoms with E-state index in [-0.39, 0.29) is 7.33 Å². The van der Waals surface area contributed by atoms with Crippen LogP contribution in [0.4, 0.5) is 0 Å². The topological polar surface area (TPSA) is 79.7 Å². The third-order valence-electron chi connectivity index (χ3n) is 5.97. The van der Waals surface area contributed by atoms with Gasteiger partial charge in [0.15, 0.2) is 0 Å². The minimum atomic E-state index is 0. The summed E-state index contributed by atoms with van der Waals surface area (Å²) in [6.45, 7) is 4.22. The van der Waals surface area contributed by atoms with Crippen LogP contribution in [0.25, 0.3) is 33.1 Å². The van der Waals surface area contributed by atoms with Crippen molar-refractivity contribution in [2.45, 2.75) is 20.0 Å². The number of hydrogen-bond acceptors (Lipinski definition) is 4. The number of nitrogens with zero attached hydrogens (tertiary/aromatic N) is 5. The van der Waals surface area contributed by atoms with Gasteiger partial charge in [0.1, 0.15) is 12.0 Å². The third-order valence-corrected chi connectivity index (χ3v) is 5.97. The van der Waals surface area contributed by atoms with E-state index in [1.54, 1.807) is 12.5 Å². The summed E-state index contributed by atoms with van der Waals surface area (Å²) in [6.07, 6.45) is 9.10. The molecule has 6 rings (SSSR count). The van der Waals surface area contributed by atoms with Crippen molar-refractivity contribution in [2.24, 2.45) is 0 Å². The van der Waals surface area contributed by atoms with Gasteiger partial charge in [-0.25, -0.2) is 15.0 Å². The van der Waals surface area contributed by atoms with Gasteiger partial charge >= 0.3 is 0 Å². The maximum atomic E-state index is 13.3. The van der Waals surface area contributed by atoms with Gasteiger partial charge in [0.25, 0.3) is 5.91 Å². The van der Waals surface area contributed by atoms with E-state index in [4.69, 9.17) is 0 Å². The lowest BCUT2D eigenvalue weighted by Crippen LogP contribution is -2.37. The molecule has 5 aromatic rings. The minimum Gasteiger partial charge on any atom is -0.348 e. The number of hydrogen-bond donors (Lipinski definition) is 1. The van der Waals surface area contributed by atoms with E-state index in [1.165, 1.54) is 11.3 Å². The second kappa shape index (κ2) is 6.77. The first-order valence-electron chi connectivity index (χ1n) is 10.3. The standard InChI is InChI=1S/C24H20N6O.H2/c1-15-6-19-13-30(5-4-29(19)12-15)24(31)18-8-20-21(11-27-23(20)26-10-18)16-2-3-22-17(7-16)9-25-14-28-22;/h2-3,6-12,14H,4-5,13H2,1H3,(H,26,27);1H. The molecule has 0 spiro atoms. The molecule has 0 atom stereocenters. The number of benzene rings is 1. The van der Waals surface area contributed by atoms with Crippen molar-refractivity contribution in [1.82, 2.24) is 29.4 Å². The fraction of sp³-hybridized carbons (Fsp3) is 0.167. The van der Waals surface area contributed by atoms with Crippen LogP contribution in [0, 0.1) is 6.92 Å². The summed E-state index contributed by atoms with van der Waals surface area (Å²) in [5.41, 5.74) is 6.71. The average molecular weight is 410 g/mol. The van der Waals surface area contributed by atoms with Gasteiger partial charge < -0.3 is 14.5 Å². The molecule has 0 aliphatic carbocycles. The van der Waals surface area contributed by atoms with Crippen LogP contribution >= 0.6 is 0 Å². The van der Waals surface area contributed by atoms with Crippen molar-refractivity contribution >= 4 is 27.8 Å². The Morgan fingerprint density at radius 2 is 2.06 bits per heavy atom. The molecule has 31 heavy (non-hydrogen) atoms. The smallest absolute Gasteiger partial charge is 0.255 e. The van der Waals surface area contributed by atoms with Crippen molar-refractivity contribution in [2.75, 3.05) is 6.54 Å². The van der Waals surface area contributed by atoms with Crippen LogP contribution in [-0.2, 0) is 13.1 Å². The first-order valence-corrected chi connectivity index (χ1v) is 10.3. The summed E-state index contributed by atoms with van der Waals surface area (Å²) in [7, 11) is 0. The van der Waals surface area contributed by atoms with Crippen LogP contribution in [0.15, 0.2) is 61.4 Å². The molecule has 0 saturated carbocycles. The highest BCUT2D eigenvalue weighted by Gasteiger charge is 2.23. The van der Waals surface area contributed by atoms with Crippen LogP contribution in [0.1, 0.15) is 23.0 Å². The summed E-state index contributed by atoms with van der Waals surface area (Å²) < 4.78 is 2.23. The molecule has 1 amide bonds. The van der Waals surface area contributed by atoms with E-state index in [9.17, 15) is 4.79 Å². The van der Waals surface area contributed by atoms with Crippen LogP contribution in [0.5, 0.6) is 0 Å². The zero-order valence-corrected chi connectivity index (χ0v) is 17.0. The highest BCUT2D eigenvalue weighted by atomic mass is 16.2. The van der Waals surface area contributed by atoms with Crippen LogP contribution in [0.3, 0.4) is 0 Å². The quantitative estimate of drug-likeness (QED) is 0.473. The largest absolute Gasteiger partial charge is 0.348 e. The SMILES string of the molecule is Cc1cc2n(c1)CCN(C(=O)c1cnc3[nH]cc(-c4ccc5ncncc5c4)c3c1)C2.[HH]. The summed E-state index contributed by atoms with van der Waals surface area (Å²) >= 11 is 0. The van der Waals surface area contributed by atoms with E-state index in [0.717, 1.165) is 39.6 Å². The predicted molar refractivity (Wildman–Crippen MR) is 121 cm³/mol. The summed E-state index contributed by atoms with van der Waals surface area (Å²) in [6, 6.07) is 10.2. The fourth-order valence-electron chi connectivity index (χ4n) is 4.43. The maximum Gasteiger partial charge on any atom is 0.255 e. The van der Waals surface area contributed by atoms with E-state index in [1.807, 2.05) is 35.5 Å². The van der Waals surface area contributed by atoms with Gasteiger partial charge in [0, 0.05) is 61.3 Å². The first kappa shape index (κ1) is 17.8. The normalized spacial score (nSPS) is 13.6. The van der Waals surface area contributed by atoms with Crippen LogP contribution in [0.2, 0.25) is 0 Å². The first-order chi connectivity index (χ1) is 15.2. The third kappa shape index (κ3) is 2.97. The highest BCUT2D eigenvalue weighted by Crippen LogP contribution is 2.30. The Morgan fingerprint density at radius 3 is 3.00 bits per heavy atom. The van der Waals surface area contributed by atoms with Crippen LogP contribution < -0.4 is 0 Å². The van der Waals surface area contributed by atoms with Crippen molar-refractivity contribution in [3.05, 3.63) is 78.3 Å². The number of pyridine rings is 1. The molecule has 1 aromatic carbocycles. The predicted octanol–water partition coefficient (Wildman–Crippen LogP) is 4.19. The van der Waals surface area contributed by atoms with Gasteiger partial charge in [-0.15, -0.1) is 0 Å². The van der Waals surface area contributed by atoms with Crippen molar-refractivity contribution in [1.29, 1.82) is 0 Å². The molecule has 1 aliphatic rings. The molecule has 0 radical (unpaired) electrons. The Hall–Kier alpha value is -4.00. The van der Waals surface area contributed by atoms with Crippen molar-refractivity contribution < 1.29 is 6.22 Å². The zero-order valence-electron chi connectivity index (χ0n) is 17.0. The number of amides is 1. The van der Waals surface area contributed by atoms with Gasteiger partial charge in [-0.1, -0.05) is 6.07 Å². The van der Waals surface area contributed by atoms with Crippen LogP contribution in [-0.4, -0.2) is 41.9 Å². The number of nitrogens with one attached hydrogen (secondary N) is 1. The lowest BCUT2D eigenvalue weighted by molar-refractivity contribution is 0.0711. The van der Waals surface area contributed by atoms with Gasteiger partial charge in [0.2, 0.25) is 0 Å². The molecule has 5 heterocycles. The van der Waals surface area contributed by atoms with Gasteiger partial charge in [0.05, 0.1) is 17.6 Å². The van der Waals surface area contributed by atoms with Gasteiger partial charge in [-0.3, -0.25) is 4.79 Å². The maximum absolute atomic E-state index is 13.3. The monoisotopic (exact) mass is 410 g/mol. The molecule has 1 N–H and O–H groups in total. The zero-order chi connectivity index (χ0) is 20.9. The molecule has 0 saturated heterocycles. The number of aryl methyl sites for hydroxylation is 1. The number of aromatic nitrogens is 5. The number of carbonyl (C=O) groups is 1. The Balaban J connectivity index is 0.00000216. The summed E-state index contributed by atoms with van der Waals surface area (Å²) in [4.78, 5) is 31.3. The molecule has 4 aromatic heterocycles. The van der Waals surface area contributed by atoms with Gasteiger partial charge in [-0.2, -0.15) is 0 Å². The molecule has 0 unspecified atom stereocenters. The molecular weight excluding hydrogens is 388 g/mol. The number of H-pyrrole nitrogens is 1. The summed E-state index contributed by atoms with van der Waals surface area (Å²) in [5.74, 6) is 0.0126. The molecule has 1 aliphatic heterocycles. The average Bonchev–Trinajstić information content (AvgIpc) is 3.39. The molecule has 0 fully saturated rings. The Kier molecular flexibility index (Phi) is 3.89. The van der Waals surface area contributed by atoms with E-state index in [2.05, 4.69) is 49.8 Å². The Bertz CT molecular complexity index is 1470.